The van der Waals surface area contributed by atoms with E-state index in [1.54, 1.807) is 0 Å². The first-order valence-electron chi connectivity index (χ1n) is 8.31. The van der Waals surface area contributed by atoms with Crippen molar-refractivity contribution >= 4 is 0 Å². The molecule has 2 bridgehead atoms. The maximum atomic E-state index is 14.6. The van der Waals surface area contributed by atoms with Crippen molar-refractivity contribution in [3.8, 4) is 0 Å². The summed E-state index contributed by atoms with van der Waals surface area (Å²) in [4.78, 5) is 0. The third-order valence-corrected chi connectivity index (χ3v) is 5.32. The van der Waals surface area contributed by atoms with E-state index < -0.39 is 35.1 Å². The van der Waals surface area contributed by atoms with Gasteiger partial charge in [0.2, 0.25) is 0 Å². The smallest absolute Gasteiger partial charge is 0.197 e. The van der Waals surface area contributed by atoms with Crippen molar-refractivity contribution in [2.45, 2.75) is 11.8 Å². The molecule has 0 saturated carbocycles. The summed E-state index contributed by atoms with van der Waals surface area (Å²) < 4.78 is 57.1. The lowest BCUT2D eigenvalue weighted by molar-refractivity contribution is 0.394. The second-order valence-corrected chi connectivity index (χ2v) is 6.63. The van der Waals surface area contributed by atoms with Gasteiger partial charge in [0.25, 0.3) is 0 Å². The summed E-state index contributed by atoms with van der Waals surface area (Å²) in [6.07, 6.45) is 18.6. The topological polar surface area (TPSA) is 0 Å². The number of halogens is 4. The normalized spacial score (nSPS) is 25.2. The molecule has 128 valence electrons. The number of hydrogen-bond acceptors (Lipinski definition) is 0. The van der Waals surface area contributed by atoms with Crippen molar-refractivity contribution < 1.29 is 17.6 Å². The van der Waals surface area contributed by atoms with E-state index in [1.807, 2.05) is 61.4 Å². The molecule has 5 aliphatic carbocycles. The first-order valence-corrected chi connectivity index (χ1v) is 8.31. The second kappa shape index (κ2) is 5.44. The largest absolute Gasteiger partial charge is 0.203 e. The highest BCUT2D eigenvalue weighted by atomic mass is 19.2. The monoisotopic (exact) mass is 352 g/mol. The summed E-state index contributed by atoms with van der Waals surface area (Å²) in [5.41, 5.74) is 3.11. The summed E-state index contributed by atoms with van der Waals surface area (Å²) in [6.45, 7) is 0. The van der Waals surface area contributed by atoms with Crippen LogP contribution in [0.15, 0.2) is 70.9 Å². The summed E-state index contributed by atoms with van der Waals surface area (Å²) in [7, 11) is 0. The molecule has 4 heteroatoms. The van der Waals surface area contributed by atoms with Gasteiger partial charge in [0.15, 0.2) is 23.3 Å². The molecule has 6 rings (SSSR count). The Morgan fingerprint density at radius 2 is 1.00 bits per heavy atom. The van der Waals surface area contributed by atoms with Crippen molar-refractivity contribution in [2.24, 2.45) is 0 Å². The Hall–Kier alpha value is -2.62. The van der Waals surface area contributed by atoms with Crippen molar-refractivity contribution in [2.75, 3.05) is 0 Å². The SMILES string of the molecule is Fc1c(F)c(F)c2c(c1F)C1C=C(C3=C[CH]C=C3)C2C=C1C1=C[CH]C=C1. The molecule has 2 radical (unpaired) electrons. The van der Waals surface area contributed by atoms with Gasteiger partial charge in [-0.3, -0.25) is 0 Å². The van der Waals surface area contributed by atoms with Gasteiger partial charge in [-0.05, 0) is 22.3 Å². The zero-order valence-corrected chi connectivity index (χ0v) is 13.4. The van der Waals surface area contributed by atoms with E-state index in [9.17, 15) is 17.6 Å². The minimum absolute atomic E-state index is 0.0968. The number of benzene rings is 1. The van der Waals surface area contributed by atoms with E-state index in [2.05, 4.69) is 0 Å². The molecule has 0 heterocycles. The highest BCUT2D eigenvalue weighted by Gasteiger charge is 2.42. The third kappa shape index (κ3) is 1.96. The Morgan fingerprint density at radius 3 is 1.35 bits per heavy atom. The van der Waals surface area contributed by atoms with Crippen LogP contribution in [0, 0.1) is 36.1 Å². The summed E-state index contributed by atoms with van der Waals surface area (Å²) in [6, 6.07) is 0. The Labute approximate surface area is 148 Å². The fourth-order valence-corrected chi connectivity index (χ4v) is 4.18. The highest BCUT2D eigenvalue weighted by molar-refractivity contribution is 5.69. The molecule has 0 saturated heterocycles. The van der Waals surface area contributed by atoms with Crippen molar-refractivity contribution in [1.29, 1.82) is 0 Å². The second-order valence-electron chi connectivity index (χ2n) is 6.63. The van der Waals surface area contributed by atoms with Gasteiger partial charge in [-0.25, -0.2) is 17.6 Å². The average Bonchev–Trinajstić information content (AvgIpc) is 3.37. The minimum atomic E-state index is -1.75. The first-order chi connectivity index (χ1) is 12.6. The number of allylic oxidation sites excluding steroid dienone is 12. The first kappa shape index (κ1) is 15.6. The van der Waals surface area contributed by atoms with Crippen LogP contribution in [0.25, 0.3) is 0 Å². The van der Waals surface area contributed by atoms with E-state index in [0.29, 0.717) is 0 Å². The summed E-state index contributed by atoms with van der Waals surface area (Å²) in [5, 5.41) is 0. The average molecular weight is 352 g/mol. The van der Waals surface area contributed by atoms with Crippen LogP contribution in [0.1, 0.15) is 23.0 Å². The Kier molecular flexibility index (Phi) is 3.27. The van der Waals surface area contributed by atoms with Crippen LogP contribution in [0.3, 0.4) is 0 Å². The van der Waals surface area contributed by atoms with Crippen LogP contribution in [0.5, 0.6) is 0 Å². The lowest BCUT2D eigenvalue weighted by Crippen LogP contribution is -2.26. The zero-order chi connectivity index (χ0) is 18.0. The van der Waals surface area contributed by atoms with Gasteiger partial charge in [-0.2, -0.15) is 0 Å². The molecular formula is C22H12F4. The molecule has 5 aliphatic rings. The number of hydrogen-bond donors (Lipinski definition) is 0. The third-order valence-electron chi connectivity index (χ3n) is 5.32. The molecule has 2 unspecified atom stereocenters. The van der Waals surface area contributed by atoms with Crippen LogP contribution in [0.2, 0.25) is 0 Å². The van der Waals surface area contributed by atoms with Gasteiger partial charge in [0, 0.05) is 35.8 Å². The van der Waals surface area contributed by atoms with Gasteiger partial charge >= 0.3 is 0 Å². The predicted octanol–water partition coefficient (Wildman–Crippen LogP) is 5.69. The van der Waals surface area contributed by atoms with Crippen LogP contribution in [-0.2, 0) is 0 Å². The van der Waals surface area contributed by atoms with Crippen molar-refractivity contribution in [3.63, 3.8) is 0 Å². The molecule has 1 aromatic rings. The van der Waals surface area contributed by atoms with Crippen molar-refractivity contribution in [3.05, 3.63) is 118 Å². The van der Waals surface area contributed by atoms with Crippen LogP contribution < -0.4 is 0 Å². The van der Waals surface area contributed by atoms with Crippen LogP contribution >= 0.6 is 0 Å². The number of rotatable bonds is 2. The van der Waals surface area contributed by atoms with E-state index in [4.69, 9.17) is 0 Å². The summed E-state index contributed by atoms with van der Waals surface area (Å²) in [5.74, 6) is -7.43. The standard InChI is InChI=1S/C22H12F4/c23-19-17-15-10-14(12-7-3-4-8-12)16(9-13(15)11-5-1-2-6-11)18(17)20(24)22(26)21(19)25/h1-10,15-16H. The molecule has 1 aromatic carbocycles. The molecule has 0 N–H and O–H groups in total. The van der Waals surface area contributed by atoms with Gasteiger partial charge < -0.3 is 0 Å². The molecule has 0 aliphatic heterocycles. The molecule has 2 atom stereocenters. The van der Waals surface area contributed by atoms with E-state index in [0.717, 1.165) is 22.3 Å². The van der Waals surface area contributed by atoms with Gasteiger partial charge in [-0.15, -0.1) is 0 Å². The predicted molar refractivity (Wildman–Crippen MR) is 91.0 cm³/mol. The minimum Gasteiger partial charge on any atom is -0.203 e. The molecule has 0 aromatic heterocycles. The molecule has 0 nitrogen and oxygen atoms in total. The van der Waals surface area contributed by atoms with Gasteiger partial charge in [0.1, 0.15) is 0 Å². The fraction of sp³-hybridized carbons (Fsp3) is 0.0909. The Morgan fingerprint density at radius 1 is 0.577 bits per heavy atom. The highest BCUT2D eigenvalue weighted by Crippen LogP contribution is 2.54. The molecular weight excluding hydrogens is 340 g/mol. The zero-order valence-electron chi connectivity index (χ0n) is 13.4. The lowest BCUT2D eigenvalue weighted by Gasteiger charge is -2.38. The molecule has 0 amide bonds. The molecule has 0 spiro atoms. The Bertz CT molecular complexity index is 948. The van der Waals surface area contributed by atoms with Crippen LogP contribution in [-0.4, -0.2) is 0 Å². The van der Waals surface area contributed by atoms with Gasteiger partial charge in [-0.1, -0.05) is 48.6 Å². The maximum Gasteiger partial charge on any atom is 0.197 e. The van der Waals surface area contributed by atoms with Crippen molar-refractivity contribution in [1.82, 2.24) is 0 Å². The lowest BCUT2D eigenvalue weighted by atomic mass is 9.65. The van der Waals surface area contributed by atoms with Crippen LogP contribution in [0.4, 0.5) is 17.6 Å². The molecule has 26 heavy (non-hydrogen) atoms. The van der Waals surface area contributed by atoms with E-state index in [1.165, 1.54) is 0 Å². The Balaban J connectivity index is 1.77. The fourth-order valence-electron chi connectivity index (χ4n) is 4.18. The van der Waals surface area contributed by atoms with Gasteiger partial charge in [0.05, 0.1) is 0 Å². The summed E-state index contributed by atoms with van der Waals surface area (Å²) >= 11 is 0. The van der Waals surface area contributed by atoms with E-state index >= 15 is 0 Å². The quantitative estimate of drug-likeness (QED) is 0.364. The van der Waals surface area contributed by atoms with E-state index in [-0.39, 0.29) is 11.1 Å². The molecule has 0 fully saturated rings. The maximum absolute atomic E-state index is 14.6.